The van der Waals surface area contributed by atoms with Crippen LogP contribution in [0.15, 0.2) is 60.7 Å². The number of hydrogen-bond donors (Lipinski definition) is 0. The van der Waals surface area contributed by atoms with Gasteiger partial charge in [-0.1, -0.05) is 62.4 Å². The minimum absolute atomic E-state index is 0.475. The topological polar surface area (TPSA) is 52.6 Å². The molecule has 4 aromatic carbocycles. The van der Waals surface area contributed by atoms with Crippen LogP contribution in [0.2, 0.25) is 0 Å². The van der Waals surface area contributed by atoms with E-state index in [1.165, 1.54) is 0 Å². The fourth-order valence-electron chi connectivity index (χ4n) is 4.09. The lowest BCUT2D eigenvalue weighted by molar-refractivity contribution is 0.111. The van der Waals surface area contributed by atoms with E-state index in [2.05, 4.69) is 0 Å². The molecule has 4 nitrogen and oxygen atoms in total. The summed E-state index contributed by atoms with van der Waals surface area (Å²) in [5, 5.41) is 3.74. The summed E-state index contributed by atoms with van der Waals surface area (Å²) in [5.74, 6) is 1.05. The van der Waals surface area contributed by atoms with Crippen LogP contribution in [0, 0.1) is 0 Å². The van der Waals surface area contributed by atoms with Gasteiger partial charge in [-0.15, -0.1) is 0 Å². The third kappa shape index (κ3) is 3.84. The molecule has 0 aromatic heterocycles. The van der Waals surface area contributed by atoms with Crippen LogP contribution in [0.1, 0.15) is 47.4 Å². The maximum Gasteiger partial charge on any atom is 0.153 e. The first-order chi connectivity index (χ1) is 15.7. The Morgan fingerprint density at radius 1 is 0.656 bits per heavy atom. The van der Waals surface area contributed by atoms with Gasteiger partial charge in [0, 0.05) is 11.1 Å². The summed E-state index contributed by atoms with van der Waals surface area (Å²) in [6.07, 6.45) is 3.27. The van der Waals surface area contributed by atoms with Crippen LogP contribution in [0.25, 0.3) is 32.7 Å². The molecule has 0 aliphatic heterocycles. The van der Waals surface area contributed by atoms with Crippen LogP contribution in [0.5, 0.6) is 11.5 Å². The molecule has 0 aliphatic carbocycles. The SMILES string of the molecule is CCCOc1c(C=O)cc2ccccc2c1-c1c(OCCC)c(C=O)cc2ccccc12. The third-order valence-electron chi connectivity index (χ3n) is 5.47. The normalized spacial score (nSPS) is 10.9. The predicted octanol–water partition coefficient (Wildman–Crippen LogP) is 6.86. The molecule has 4 heteroatoms. The lowest BCUT2D eigenvalue weighted by Gasteiger charge is -2.22. The monoisotopic (exact) mass is 426 g/mol. The molecule has 0 amide bonds. The molecular weight excluding hydrogens is 400 g/mol. The van der Waals surface area contributed by atoms with E-state index in [-0.39, 0.29) is 0 Å². The first kappa shape index (κ1) is 21.6. The highest BCUT2D eigenvalue weighted by Crippen LogP contribution is 2.48. The molecule has 4 aromatic rings. The second kappa shape index (κ2) is 9.65. The summed E-state index contributed by atoms with van der Waals surface area (Å²) < 4.78 is 12.4. The van der Waals surface area contributed by atoms with Crippen LogP contribution in [0.3, 0.4) is 0 Å². The van der Waals surface area contributed by atoms with Crippen LogP contribution in [0.4, 0.5) is 0 Å². The van der Waals surface area contributed by atoms with Crippen molar-refractivity contribution in [2.75, 3.05) is 13.2 Å². The van der Waals surface area contributed by atoms with E-state index < -0.39 is 0 Å². The first-order valence-corrected chi connectivity index (χ1v) is 11.0. The van der Waals surface area contributed by atoms with Gasteiger partial charge < -0.3 is 9.47 Å². The molecule has 162 valence electrons. The van der Waals surface area contributed by atoms with Crippen molar-refractivity contribution in [3.8, 4) is 22.6 Å². The van der Waals surface area contributed by atoms with Gasteiger partial charge in [0.1, 0.15) is 11.5 Å². The Morgan fingerprint density at radius 3 is 1.44 bits per heavy atom. The van der Waals surface area contributed by atoms with Gasteiger partial charge in [0.05, 0.1) is 24.3 Å². The summed E-state index contributed by atoms with van der Waals surface area (Å²) >= 11 is 0. The number of carbonyl (C=O) groups excluding carboxylic acids is 2. The van der Waals surface area contributed by atoms with Crippen molar-refractivity contribution in [2.24, 2.45) is 0 Å². The Bertz CT molecular complexity index is 1190. The Hall–Kier alpha value is -3.66. The highest BCUT2D eigenvalue weighted by Gasteiger charge is 2.24. The summed E-state index contributed by atoms with van der Waals surface area (Å²) in [5.41, 5.74) is 2.53. The molecule has 0 fully saturated rings. The third-order valence-corrected chi connectivity index (χ3v) is 5.47. The Balaban J connectivity index is 2.21. The number of benzene rings is 4. The zero-order chi connectivity index (χ0) is 22.5. The molecule has 0 spiro atoms. The number of rotatable bonds is 9. The molecule has 0 saturated heterocycles. The van der Waals surface area contributed by atoms with Gasteiger partial charge in [-0.25, -0.2) is 0 Å². The van der Waals surface area contributed by atoms with Gasteiger partial charge >= 0.3 is 0 Å². The summed E-state index contributed by atoms with van der Waals surface area (Å²) in [6.45, 7) is 5.00. The van der Waals surface area contributed by atoms with Crippen LogP contribution < -0.4 is 9.47 Å². The maximum absolute atomic E-state index is 12.1. The minimum atomic E-state index is 0.475. The van der Waals surface area contributed by atoms with E-state index in [0.717, 1.165) is 58.1 Å². The number of hydrogen-bond acceptors (Lipinski definition) is 4. The average Bonchev–Trinajstić information content (AvgIpc) is 2.84. The van der Waals surface area contributed by atoms with Crippen molar-refractivity contribution in [1.29, 1.82) is 0 Å². The van der Waals surface area contributed by atoms with Gasteiger partial charge in [0.2, 0.25) is 0 Å². The highest BCUT2D eigenvalue weighted by molar-refractivity contribution is 6.14. The summed E-state index contributed by atoms with van der Waals surface area (Å²) in [7, 11) is 0. The van der Waals surface area contributed by atoms with Crippen molar-refractivity contribution < 1.29 is 19.1 Å². The highest BCUT2D eigenvalue weighted by atomic mass is 16.5. The van der Waals surface area contributed by atoms with Gasteiger partial charge in [0.15, 0.2) is 12.6 Å². The number of ether oxygens (including phenoxy) is 2. The van der Waals surface area contributed by atoms with Gasteiger partial charge in [0.25, 0.3) is 0 Å². The fraction of sp³-hybridized carbons (Fsp3) is 0.214. The second-order valence-corrected chi connectivity index (χ2v) is 7.71. The van der Waals surface area contributed by atoms with Crippen molar-refractivity contribution in [3.05, 3.63) is 71.8 Å². The van der Waals surface area contributed by atoms with E-state index in [9.17, 15) is 9.59 Å². The van der Waals surface area contributed by atoms with E-state index >= 15 is 0 Å². The molecule has 0 atom stereocenters. The number of carbonyl (C=O) groups is 2. The fourth-order valence-corrected chi connectivity index (χ4v) is 4.09. The average molecular weight is 427 g/mol. The molecule has 0 bridgehead atoms. The van der Waals surface area contributed by atoms with Crippen LogP contribution >= 0.6 is 0 Å². The predicted molar refractivity (Wildman–Crippen MR) is 129 cm³/mol. The Labute approximate surface area is 187 Å². The lowest BCUT2D eigenvalue weighted by atomic mass is 9.89. The van der Waals surface area contributed by atoms with Crippen molar-refractivity contribution in [2.45, 2.75) is 26.7 Å². The molecule has 32 heavy (non-hydrogen) atoms. The quantitative estimate of drug-likeness (QED) is 0.274. The van der Waals surface area contributed by atoms with E-state index in [1.807, 2.05) is 74.5 Å². The van der Waals surface area contributed by atoms with Gasteiger partial charge in [-0.3, -0.25) is 9.59 Å². The summed E-state index contributed by atoms with van der Waals surface area (Å²) in [6, 6.07) is 19.5. The maximum atomic E-state index is 12.1. The zero-order valence-corrected chi connectivity index (χ0v) is 18.4. The molecule has 4 rings (SSSR count). The van der Waals surface area contributed by atoms with Crippen LogP contribution in [-0.2, 0) is 0 Å². The Kier molecular flexibility index (Phi) is 6.50. The van der Waals surface area contributed by atoms with E-state index in [1.54, 1.807) is 0 Å². The van der Waals surface area contributed by atoms with E-state index in [0.29, 0.717) is 35.8 Å². The lowest BCUT2D eigenvalue weighted by Crippen LogP contribution is -2.05. The summed E-state index contributed by atoms with van der Waals surface area (Å²) in [4.78, 5) is 24.2. The largest absolute Gasteiger partial charge is 0.492 e. The van der Waals surface area contributed by atoms with Crippen molar-refractivity contribution in [1.82, 2.24) is 0 Å². The van der Waals surface area contributed by atoms with E-state index in [4.69, 9.17) is 9.47 Å². The molecule has 0 aliphatic rings. The minimum Gasteiger partial charge on any atom is -0.492 e. The first-order valence-electron chi connectivity index (χ1n) is 11.0. The van der Waals surface area contributed by atoms with Crippen molar-refractivity contribution >= 4 is 34.1 Å². The van der Waals surface area contributed by atoms with Gasteiger partial charge in [-0.2, -0.15) is 0 Å². The molecular formula is C28H26O4. The molecule has 0 heterocycles. The zero-order valence-electron chi connectivity index (χ0n) is 18.4. The standard InChI is InChI=1S/C28H26O4/c1-3-13-31-27-21(17-29)15-19-9-5-7-11-23(19)25(27)26-24-12-8-6-10-20(24)16-22(18-30)28(26)32-14-4-2/h5-12,15-18H,3-4,13-14H2,1-2H3. The molecule has 0 unspecified atom stereocenters. The Morgan fingerprint density at radius 2 is 1.06 bits per heavy atom. The van der Waals surface area contributed by atoms with Gasteiger partial charge in [-0.05, 0) is 46.5 Å². The second-order valence-electron chi connectivity index (χ2n) is 7.71. The number of aldehydes is 2. The van der Waals surface area contributed by atoms with Crippen LogP contribution in [-0.4, -0.2) is 25.8 Å². The van der Waals surface area contributed by atoms with Crippen molar-refractivity contribution in [3.63, 3.8) is 0 Å². The molecule has 0 radical (unpaired) electrons. The smallest absolute Gasteiger partial charge is 0.153 e. The molecule has 0 N–H and O–H groups in total. The number of fused-ring (bicyclic) bond motifs is 2. The molecule has 0 saturated carbocycles.